The van der Waals surface area contributed by atoms with Crippen LogP contribution in [0.1, 0.15) is 44.0 Å². The molecule has 1 fully saturated rings. The van der Waals surface area contributed by atoms with Gasteiger partial charge in [-0.25, -0.2) is 9.97 Å². The summed E-state index contributed by atoms with van der Waals surface area (Å²) in [5, 5.41) is 1.23. The number of aromatic amines is 2. The Morgan fingerprint density at radius 1 is 1.07 bits per heavy atom. The Bertz CT molecular complexity index is 1150. The lowest BCUT2D eigenvalue weighted by Gasteiger charge is -2.33. The van der Waals surface area contributed by atoms with Gasteiger partial charge in [0.2, 0.25) is 0 Å². The summed E-state index contributed by atoms with van der Waals surface area (Å²) in [6, 6.07) is 11.8. The van der Waals surface area contributed by atoms with Gasteiger partial charge in [0.1, 0.15) is 11.3 Å². The quantitative estimate of drug-likeness (QED) is 0.491. The molecule has 150 valence electrons. The Balaban J connectivity index is 1.41. The van der Waals surface area contributed by atoms with Crippen LogP contribution in [0.3, 0.4) is 0 Å². The third-order valence-electron chi connectivity index (χ3n) is 6.52. The van der Waals surface area contributed by atoms with Crippen LogP contribution in [0.5, 0.6) is 0 Å². The van der Waals surface area contributed by atoms with Crippen LogP contribution in [0.4, 0.5) is 0 Å². The molecule has 3 heterocycles. The second-order valence-electron chi connectivity index (χ2n) is 8.81. The Hall–Kier alpha value is -2.66. The van der Waals surface area contributed by atoms with Gasteiger partial charge in [0, 0.05) is 40.9 Å². The molecule has 4 aromatic rings. The van der Waals surface area contributed by atoms with Crippen molar-refractivity contribution >= 4 is 22.1 Å². The first-order chi connectivity index (χ1) is 14.1. The minimum absolute atomic E-state index is 0.717. The van der Waals surface area contributed by atoms with E-state index in [9.17, 15) is 0 Å². The van der Waals surface area contributed by atoms with Crippen molar-refractivity contribution in [3.05, 3.63) is 47.9 Å². The Morgan fingerprint density at radius 2 is 1.90 bits per heavy atom. The predicted molar refractivity (Wildman–Crippen MR) is 119 cm³/mol. The summed E-state index contributed by atoms with van der Waals surface area (Å²) < 4.78 is 0. The molecule has 5 rings (SSSR count). The smallest absolute Gasteiger partial charge is 0.158 e. The Labute approximate surface area is 171 Å². The molecular weight excluding hydrogens is 358 g/mol. The topological polar surface area (TPSA) is 60.6 Å². The highest BCUT2D eigenvalue weighted by atomic mass is 15.1. The van der Waals surface area contributed by atoms with E-state index in [1.54, 1.807) is 0 Å². The molecule has 0 saturated heterocycles. The molecule has 5 heteroatoms. The van der Waals surface area contributed by atoms with Crippen LogP contribution in [0.15, 0.2) is 36.5 Å². The summed E-state index contributed by atoms with van der Waals surface area (Å²) >= 11 is 0. The highest BCUT2D eigenvalue weighted by molar-refractivity contribution is 5.94. The number of imidazole rings is 1. The maximum atomic E-state index is 4.63. The molecule has 1 aromatic carbocycles. The summed E-state index contributed by atoms with van der Waals surface area (Å²) in [6.07, 6.45) is 7.22. The average Bonchev–Trinajstić information content (AvgIpc) is 3.30. The molecule has 2 N–H and O–H groups in total. The number of benzene rings is 1. The Morgan fingerprint density at radius 3 is 2.72 bits per heavy atom. The zero-order valence-corrected chi connectivity index (χ0v) is 17.5. The molecule has 3 aromatic heterocycles. The van der Waals surface area contributed by atoms with Gasteiger partial charge in [0.15, 0.2) is 5.65 Å². The van der Waals surface area contributed by atoms with Gasteiger partial charge in [-0.1, -0.05) is 19.1 Å². The number of pyridine rings is 1. The standard InChI is InChI=1S/C24H29N5/c1-15-4-8-19(9-5-15)29(3)14-17-6-7-18-13-22(28-21(18)12-17)20-10-11-25-24-23(20)26-16(2)27-24/h6-7,10-13,15,19,28H,4-5,8-9,14H2,1-3H3,(H,25,26,27)/t15-,19+. The maximum absolute atomic E-state index is 4.63. The van der Waals surface area contributed by atoms with E-state index in [1.807, 2.05) is 19.2 Å². The van der Waals surface area contributed by atoms with E-state index in [2.05, 4.69) is 63.1 Å². The number of hydrogen-bond acceptors (Lipinski definition) is 3. The molecule has 29 heavy (non-hydrogen) atoms. The zero-order valence-electron chi connectivity index (χ0n) is 17.5. The van der Waals surface area contributed by atoms with Gasteiger partial charge in [-0.2, -0.15) is 0 Å². The van der Waals surface area contributed by atoms with Crippen molar-refractivity contribution < 1.29 is 0 Å². The molecule has 0 atom stereocenters. The van der Waals surface area contributed by atoms with Crippen molar-refractivity contribution in [2.75, 3.05) is 7.05 Å². The Kier molecular flexibility index (Phi) is 4.63. The van der Waals surface area contributed by atoms with Gasteiger partial charge in [0.25, 0.3) is 0 Å². The lowest BCUT2D eigenvalue weighted by molar-refractivity contribution is 0.164. The van der Waals surface area contributed by atoms with Gasteiger partial charge >= 0.3 is 0 Å². The largest absolute Gasteiger partial charge is 0.354 e. The minimum Gasteiger partial charge on any atom is -0.354 e. The molecular formula is C24H29N5. The number of rotatable bonds is 4. The van der Waals surface area contributed by atoms with Gasteiger partial charge in [-0.3, -0.25) is 4.90 Å². The van der Waals surface area contributed by atoms with Crippen molar-refractivity contribution in [2.24, 2.45) is 5.92 Å². The van der Waals surface area contributed by atoms with Crippen molar-refractivity contribution in [1.82, 2.24) is 24.8 Å². The molecule has 0 unspecified atom stereocenters. The van der Waals surface area contributed by atoms with E-state index in [1.165, 1.54) is 42.1 Å². The van der Waals surface area contributed by atoms with Crippen LogP contribution in [-0.4, -0.2) is 37.9 Å². The van der Waals surface area contributed by atoms with Crippen molar-refractivity contribution in [3.63, 3.8) is 0 Å². The number of hydrogen-bond donors (Lipinski definition) is 2. The monoisotopic (exact) mass is 387 g/mol. The van der Waals surface area contributed by atoms with Crippen LogP contribution >= 0.6 is 0 Å². The molecule has 0 spiro atoms. The van der Waals surface area contributed by atoms with Crippen molar-refractivity contribution in [2.45, 2.75) is 52.1 Å². The second-order valence-corrected chi connectivity index (χ2v) is 8.81. The molecule has 0 radical (unpaired) electrons. The van der Waals surface area contributed by atoms with Crippen molar-refractivity contribution in [3.8, 4) is 11.3 Å². The van der Waals surface area contributed by atoms with Crippen LogP contribution in [0.2, 0.25) is 0 Å². The van der Waals surface area contributed by atoms with Crippen LogP contribution in [0, 0.1) is 12.8 Å². The summed E-state index contributed by atoms with van der Waals surface area (Å²) in [5.74, 6) is 1.78. The third kappa shape index (κ3) is 3.55. The number of aromatic nitrogens is 4. The molecule has 5 nitrogen and oxygen atoms in total. The normalized spacial score (nSPS) is 20.1. The number of aryl methyl sites for hydroxylation is 1. The number of nitrogens with one attached hydrogen (secondary N) is 2. The SMILES string of the molecule is Cc1nc2c(-c3cc4ccc(CN(C)[C@H]5CC[C@@H](C)CC5)cc4[nH]3)ccnc2[nH]1. The number of fused-ring (bicyclic) bond motifs is 2. The highest BCUT2D eigenvalue weighted by Crippen LogP contribution is 2.30. The molecule has 1 aliphatic rings. The fourth-order valence-corrected chi connectivity index (χ4v) is 4.76. The fraction of sp³-hybridized carbons (Fsp3) is 0.417. The molecule has 1 aliphatic carbocycles. The van der Waals surface area contributed by atoms with Gasteiger partial charge in [0.05, 0.1) is 0 Å². The summed E-state index contributed by atoms with van der Waals surface area (Å²) in [7, 11) is 2.28. The van der Waals surface area contributed by atoms with E-state index < -0.39 is 0 Å². The van der Waals surface area contributed by atoms with Crippen LogP contribution < -0.4 is 0 Å². The van der Waals surface area contributed by atoms with Gasteiger partial charge < -0.3 is 9.97 Å². The van der Waals surface area contributed by atoms with Crippen LogP contribution in [0.25, 0.3) is 33.3 Å². The maximum Gasteiger partial charge on any atom is 0.158 e. The molecule has 0 amide bonds. The van der Waals surface area contributed by atoms with E-state index in [0.717, 1.165) is 40.7 Å². The fourth-order valence-electron chi connectivity index (χ4n) is 4.76. The summed E-state index contributed by atoms with van der Waals surface area (Å²) in [6.45, 7) is 5.35. The predicted octanol–water partition coefficient (Wildman–Crippen LogP) is 5.43. The first kappa shape index (κ1) is 18.4. The number of H-pyrrole nitrogens is 2. The molecule has 1 saturated carbocycles. The van der Waals surface area contributed by atoms with Gasteiger partial charge in [-0.15, -0.1) is 0 Å². The lowest BCUT2D eigenvalue weighted by atomic mass is 9.86. The molecule has 0 aliphatic heterocycles. The van der Waals surface area contributed by atoms with E-state index >= 15 is 0 Å². The average molecular weight is 388 g/mol. The highest BCUT2D eigenvalue weighted by Gasteiger charge is 2.21. The minimum atomic E-state index is 0.717. The van der Waals surface area contributed by atoms with Crippen LogP contribution in [-0.2, 0) is 6.54 Å². The van der Waals surface area contributed by atoms with Gasteiger partial charge in [-0.05, 0) is 69.3 Å². The van der Waals surface area contributed by atoms with E-state index in [0.29, 0.717) is 6.04 Å². The first-order valence-corrected chi connectivity index (χ1v) is 10.7. The van der Waals surface area contributed by atoms with Crippen molar-refractivity contribution in [1.29, 1.82) is 0 Å². The third-order valence-corrected chi connectivity index (χ3v) is 6.52. The number of nitrogens with zero attached hydrogens (tertiary/aromatic N) is 3. The zero-order chi connectivity index (χ0) is 20.0. The summed E-state index contributed by atoms with van der Waals surface area (Å²) in [5.41, 5.74) is 6.48. The second kappa shape index (κ2) is 7.30. The van der Waals surface area contributed by atoms with E-state index in [-0.39, 0.29) is 0 Å². The lowest BCUT2D eigenvalue weighted by Crippen LogP contribution is -2.34. The first-order valence-electron chi connectivity index (χ1n) is 10.7. The van der Waals surface area contributed by atoms with E-state index in [4.69, 9.17) is 0 Å². The summed E-state index contributed by atoms with van der Waals surface area (Å²) in [4.78, 5) is 18.4. The molecule has 0 bridgehead atoms.